The van der Waals surface area contributed by atoms with Crippen LogP contribution in [-0.2, 0) is 0 Å². The van der Waals surface area contributed by atoms with Crippen molar-refractivity contribution in [2.75, 3.05) is 0 Å². The van der Waals surface area contributed by atoms with Crippen molar-refractivity contribution in [3.8, 4) is 0 Å². The second kappa shape index (κ2) is 4.39. The van der Waals surface area contributed by atoms with Crippen molar-refractivity contribution >= 4 is 53.7 Å². The first-order chi connectivity index (χ1) is 8.58. The molecule has 3 aromatic rings. The normalized spacial score (nSPS) is 11.8. The standard InChI is InChI=1S/C15H13Br2N/c1-9(2)18-14-7-10(16)3-5-12(14)13-6-4-11(17)8-15(13)18/h3-9H,1-2H3. The van der Waals surface area contributed by atoms with E-state index in [1.165, 1.54) is 21.8 Å². The Hall–Kier alpha value is -0.800. The zero-order valence-corrected chi connectivity index (χ0v) is 13.4. The SMILES string of the molecule is CC(C)n1c2cc(Br)ccc2c2ccc(Br)cc21. The minimum atomic E-state index is 0.439. The Balaban J connectivity index is 2.56. The molecule has 0 aliphatic carbocycles. The topological polar surface area (TPSA) is 4.93 Å². The number of aromatic nitrogens is 1. The summed E-state index contributed by atoms with van der Waals surface area (Å²) in [6.07, 6.45) is 0. The Kier molecular flexibility index (Phi) is 2.99. The van der Waals surface area contributed by atoms with Crippen molar-refractivity contribution in [1.29, 1.82) is 0 Å². The summed E-state index contributed by atoms with van der Waals surface area (Å²) in [6.45, 7) is 4.45. The fourth-order valence-electron chi connectivity index (χ4n) is 2.55. The average Bonchev–Trinajstić information content (AvgIpc) is 2.60. The molecule has 0 fully saturated rings. The van der Waals surface area contributed by atoms with Gasteiger partial charge in [-0.3, -0.25) is 0 Å². The third-order valence-corrected chi connectivity index (χ3v) is 4.23. The Morgan fingerprint density at radius 2 is 1.28 bits per heavy atom. The lowest BCUT2D eigenvalue weighted by Gasteiger charge is -2.11. The molecule has 18 heavy (non-hydrogen) atoms. The number of benzene rings is 2. The van der Waals surface area contributed by atoms with Crippen molar-refractivity contribution < 1.29 is 0 Å². The molecule has 1 nitrogen and oxygen atoms in total. The van der Waals surface area contributed by atoms with Gasteiger partial charge in [-0.25, -0.2) is 0 Å². The van der Waals surface area contributed by atoms with Gasteiger partial charge in [0.1, 0.15) is 0 Å². The van der Waals surface area contributed by atoms with Gasteiger partial charge in [0.2, 0.25) is 0 Å². The summed E-state index contributed by atoms with van der Waals surface area (Å²) >= 11 is 7.13. The summed E-state index contributed by atoms with van der Waals surface area (Å²) < 4.78 is 4.64. The van der Waals surface area contributed by atoms with Crippen molar-refractivity contribution in [2.45, 2.75) is 19.9 Å². The Morgan fingerprint density at radius 3 is 1.67 bits per heavy atom. The first-order valence-electron chi connectivity index (χ1n) is 5.96. The maximum absolute atomic E-state index is 3.56. The van der Waals surface area contributed by atoms with Crippen LogP contribution in [0.25, 0.3) is 21.8 Å². The minimum absolute atomic E-state index is 0.439. The van der Waals surface area contributed by atoms with Crippen molar-refractivity contribution in [3.63, 3.8) is 0 Å². The van der Waals surface area contributed by atoms with E-state index in [9.17, 15) is 0 Å². The summed E-state index contributed by atoms with van der Waals surface area (Å²) in [5.41, 5.74) is 2.57. The first-order valence-corrected chi connectivity index (χ1v) is 7.55. The lowest BCUT2D eigenvalue weighted by molar-refractivity contribution is 0.642. The van der Waals surface area contributed by atoms with E-state index in [1.807, 2.05) is 0 Å². The number of fused-ring (bicyclic) bond motifs is 3. The molecule has 0 unspecified atom stereocenters. The number of hydrogen-bond acceptors (Lipinski definition) is 0. The summed E-state index contributed by atoms with van der Waals surface area (Å²) in [6, 6.07) is 13.4. The molecule has 0 saturated heterocycles. The highest BCUT2D eigenvalue weighted by Crippen LogP contribution is 2.34. The van der Waals surface area contributed by atoms with Gasteiger partial charge >= 0.3 is 0 Å². The predicted octanol–water partition coefficient (Wildman–Crippen LogP) is 5.90. The molecule has 0 radical (unpaired) electrons. The van der Waals surface area contributed by atoms with Crippen molar-refractivity contribution in [1.82, 2.24) is 4.57 Å². The number of rotatable bonds is 1. The van der Waals surface area contributed by atoms with E-state index >= 15 is 0 Å². The molecule has 0 bridgehead atoms. The molecule has 1 heterocycles. The van der Waals surface area contributed by atoms with E-state index in [0.29, 0.717) is 6.04 Å². The molecule has 0 amide bonds. The van der Waals surface area contributed by atoms with Gasteiger partial charge in [0, 0.05) is 25.8 Å². The van der Waals surface area contributed by atoms with E-state index in [4.69, 9.17) is 0 Å². The van der Waals surface area contributed by atoms with Gasteiger partial charge in [0.25, 0.3) is 0 Å². The van der Waals surface area contributed by atoms with Crippen LogP contribution in [0.15, 0.2) is 45.3 Å². The molecule has 0 N–H and O–H groups in total. The van der Waals surface area contributed by atoms with Gasteiger partial charge in [-0.1, -0.05) is 44.0 Å². The molecular formula is C15H13Br2N. The number of nitrogens with zero attached hydrogens (tertiary/aromatic N) is 1. The van der Waals surface area contributed by atoms with Crippen molar-refractivity contribution in [2.24, 2.45) is 0 Å². The van der Waals surface area contributed by atoms with Crippen molar-refractivity contribution in [3.05, 3.63) is 45.3 Å². The van der Waals surface area contributed by atoms with Crippen LogP contribution in [0.2, 0.25) is 0 Å². The molecule has 0 saturated carbocycles. The summed E-state index contributed by atoms with van der Waals surface area (Å²) in [4.78, 5) is 0. The highest BCUT2D eigenvalue weighted by molar-refractivity contribution is 9.10. The smallest absolute Gasteiger partial charge is 0.0505 e. The van der Waals surface area contributed by atoms with Crippen LogP contribution < -0.4 is 0 Å². The lowest BCUT2D eigenvalue weighted by Crippen LogP contribution is -1.99. The highest BCUT2D eigenvalue weighted by atomic mass is 79.9. The van der Waals surface area contributed by atoms with Gasteiger partial charge in [-0.05, 0) is 38.1 Å². The third-order valence-electron chi connectivity index (χ3n) is 3.25. The van der Waals surface area contributed by atoms with Crippen LogP contribution >= 0.6 is 31.9 Å². The molecule has 2 aromatic carbocycles. The number of halogens is 2. The van der Waals surface area contributed by atoms with Gasteiger partial charge in [0.15, 0.2) is 0 Å². The summed E-state index contributed by atoms with van der Waals surface area (Å²) in [7, 11) is 0. The molecule has 0 aliphatic rings. The molecule has 0 spiro atoms. The van der Waals surface area contributed by atoms with E-state index in [0.717, 1.165) is 8.95 Å². The predicted molar refractivity (Wildman–Crippen MR) is 85.2 cm³/mol. The minimum Gasteiger partial charge on any atom is -0.338 e. The number of hydrogen-bond donors (Lipinski definition) is 0. The first kappa shape index (κ1) is 12.2. The molecule has 0 aliphatic heterocycles. The van der Waals surface area contributed by atoms with E-state index in [1.54, 1.807) is 0 Å². The zero-order chi connectivity index (χ0) is 12.9. The third kappa shape index (κ3) is 1.81. The molecule has 92 valence electrons. The van der Waals surface area contributed by atoms with Gasteiger partial charge in [-0.15, -0.1) is 0 Å². The van der Waals surface area contributed by atoms with E-state index in [2.05, 4.69) is 86.7 Å². The Bertz CT molecular complexity index is 682. The largest absolute Gasteiger partial charge is 0.338 e. The van der Waals surface area contributed by atoms with E-state index < -0.39 is 0 Å². The average molecular weight is 367 g/mol. The van der Waals surface area contributed by atoms with Crippen LogP contribution in [0, 0.1) is 0 Å². The maximum Gasteiger partial charge on any atom is 0.0505 e. The monoisotopic (exact) mass is 365 g/mol. The quantitative estimate of drug-likeness (QED) is 0.505. The Labute approximate surface area is 123 Å². The molecule has 3 heteroatoms. The lowest BCUT2D eigenvalue weighted by atomic mass is 10.2. The van der Waals surface area contributed by atoms with Crippen LogP contribution in [0.3, 0.4) is 0 Å². The molecular weight excluding hydrogens is 354 g/mol. The molecule has 1 aromatic heterocycles. The zero-order valence-electron chi connectivity index (χ0n) is 10.2. The second-order valence-electron chi connectivity index (χ2n) is 4.79. The summed E-state index contributed by atoms with van der Waals surface area (Å²) in [5, 5.41) is 2.63. The fourth-order valence-corrected chi connectivity index (χ4v) is 3.25. The van der Waals surface area contributed by atoms with E-state index in [-0.39, 0.29) is 0 Å². The second-order valence-corrected chi connectivity index (χ2v) is 6.62. The van der Waals surface area contributed by atoms with Crippen LogP contribution in [0.4, 0.5) is 0 Å². The van der Waals surface area contributed by atoms with Crippen LogP contribution in [-0.4, -0.2) is 4.57 Å². The van der Waals surface area contributed by atoms with Crippen LogP contribution in [0.1, 0.15) is 19.9 Å². The highest BCUT2D eigenvalue weighted by Gasteiger charge is 2.13. The summed E-state index contributed by atoms with van der Waals surface area (Å²) in [5.74, 6) is 0. The van der Waals surface area contributed by atoms with Gasteiger partial charge in [-0.2, -0.15) is 0 Å². The van der Waals surface area contributed by atoms with Crippen LogP contribution in [0.5, 0.6) is 0 Å². The molecule has 3 rings (SSSR count). The maximum atomic E-state index is 3.56. The molecule has 0 atom stereocenters. The Morgan fingerprint density at radius 1 is 0.833 bits per heavy atom. The van der Waals surface area contributed by atoms with Gasteiger partial charge in [0.05, 0.1) is 11.0 Å². The fraction of sp³-hybridized carbons (Fsp3) is 0.200. The van der Waals surface area contributed by atoms with Gasteiger partial charge < -0.3 is 4.57 Å².